The SMILES string of the molecule is Cc1cc(Cl)nc(Cl)c1NC(C)c1ccc(Cl)c(Cl)c1. The summed E-state index contributed by atoms with van der Waals surface area (Å²) >= 11 is 23.9. The van der Waals surface area contributed by atoms with E-state index in [-0.39, 0.29) is 6.04 Å². The van der Waals surface area contributed by atoms with Crippen molar-refractivity contribution in [3.05, 3.63) is 55.7 Å². The van der Waals surface area contributed by atoms with Crippen LogP contribution in [-0.4, -0.2) is 4.98 Å². The first-order valence-electron chi connectivity index (χ1n) is 5.92. The van der Waals surface area contributed by atoms with Crippen LogP contribution < -0.4 is 5.32 Å². The fourth-order valence-electron chi connectivity index (χ4n) is 1.85. The molecule has 1 unspecified atom stereocenters. The van der Waals surface area contributed by atoms with Crippen molar-refractivity contribution in [1.29, 1.82) is 0 Å². The summed E-state index contributed by atoms with van der Waals surface area (Å²) in [6.07, 6.45) is 0. The monoisotopic (exact) mass is 348 g/mol. The van der Waals surface area contributed by atoms with Gasteiger partial charge >= 0.3 is 0 Å². The van der Waals surface area contributed by atoms with Crippen molar-refractivity contribution in [3.8, 4) is 0 Å². The zero-order valence-corrected chi connectivity index (χ0v) is 13.9. The van der Waals surface area contributed by atoms with Crippen LogP contribution in [0.3, 0.4) is 0 Å². The number of halogens is 4. The predicted octanol–water partition coefficient (Wildman–Crippen LogP) is 6.18. The van der Waals surface area contributed by atoms with Gasteiger partial charge in [0.1, 0.15) is 5.15 Å². The molecule has 0 saturated carbocycles. The molecule has 2 rings (SSSR count). The second-order valence-electron chi connectivity index (χ2n) is 4.47. The van der Waals surface area contributed by atoms with Crippen molar-refractivity contribution in [3.63, 3.8) is 0 Å². The maximum absolute atomic E-state index is 6.12. The van der Waals surface area contributed by atoms with E-state index in [4.69, 9.17) is 46.4 Å². The average Bonchev–Trinajstić information content (AvgIpc) is 2.36. The number of hydrogen-bond donors (Lipinski definition) is 1. The third-order valence-electron chi connectivity index (χ3n) is 2.95. The molecule has 2 aromatic rings. The quantitative estimate of drug-likeness (QED) is 0.669. The highest BCUT2D eigenvalue weighted by atomic mass is 35.5. The zero-order valence-electron chi connectivity index (χ0n) is 10.8. The highest BCUT2D eigenvalue weighted by molar-refractivity contribution is 6.42. The minimum Gasteiger partial charge on any atom is -0.376 e. The molecule has 1 atom stereocenters. The lowest BCUT2D eigenvalue weighted by atomic mass is 10.1. The van der Waals surface area contributed by atoms with E-state index >= 15 is 0 Å². The lowest BCUT2D eigenvalue weighted by molar-refractivity contribution is 0.880. The van der Waals surface area contributed by atoms with Gasteiger partial charge in [0.15, 0.2) is 5.15 Å². The van der Waals surface area contributed by atoms with Crippen molar-refractivity contribution in [1.82, 2.24) is 4.98 Å². The Morgan fingerprint density at radius 2 is 1.75 bits per heavy atom. The van der Waals surface area contributed by atoms with Gasteiger partial charge in [0.25, 0.3) is 0 Å². The van der Waals surface area contributed by atoms with Crippen molar-refractivity contribution in [2.24, 2.45) is 0 Å². The molecule has 0 amide bonds. The first-order chi connectivity index (χ1) is 9.38. The second-order valence-corrected chi connectivity index (χ2v) is 6.03. The molecule has 1 aromatic heterocycles. The van der Waals surface area contributed by atoms with Gasteiger partial charge in [-0.1, -0.05) is 52.5 Å². The predicted molar refractivity (Wildman–Crippen MR) is 87.5 cm³/mol. The zero-order chi connectivity index (χ0) is 14.9. The lowest BCUT2D eigenvalue weighted by Crippen LogP contribution is -2.09. The van der Waals surface area contributed by atoms with E-state index in [1.165, 1.54) is 0 Å². The lowest BCUT2D eigenvalue weighted by Gasteiger charge is -2.18. The molecule has 1 N–H and O–H groups in total. The number of aromatic nitrogens is 1. The van der Waals surface area contributed by atoms with E-state index in [0.717, 1.165) is 16.8 Å². The van der Waals surface area contributed by atoms with Gasteiger partial charge in [-0.3, -0.25) is 0 Å². The summed E-state index contributed by atoms with van der Waals surface area (Å²) in [5, 5.41) is 5.09. The van der Waals surface area contributed by atoms with Crippen molar-refractivity contribution in [2.75, 3.05) is 5.32 Å². The van der Waals surface area contributed by atoms with Crippen molar-refractivity contribution >= 4 is 52.1 Å². The molecule has 0 fully saturated rings. The number of aryl methyl sites for hydroxylation is 1. The smallest absolute Gasteiger partial charge is 0.154 e. The molecule has 1 aromatic carbocycles. The molecule has 6 heteroatoms. The van der Waals surface area contributed by atoms with Crippen LogP contribution in [-0.2, 0) is 0 Å². The topological polar surface area (TPSA) is 24.9 Å². The van der Waals surface area contributed by atoms with Crippen LogP contribution >= 0.6 is 46.4 Å². The molecule has 0 radical (unpaired) electrons. The molecule has 106 valence electrons. The Morgan fingerprint density at radius 3 is 2.35 bits per heavy atom. The minimum atomic E-state index is 0.00365. The van der Waals surface area contributed by atoms with Gasteiger partial charge in [-0.2, -0.15) is 0 Å². The van der Waals surface area contributed by atoms with Gasteiger partial charge in [-0.15, -0.1) is 0 Å². The molecule has 0 aliphatic heterocycles. The fraction of sp³-hybridized carbons (Fsp3) is 0.214. The number of benzene rings is 1. The standard InChI is InChI=1S/C14H12Cl4N2/c1-7-5-12(17)20-14(18)13(7)19-8(2)9-3-4-10(15)11(16)6-9/h3-6,8,19H,1-2H3. The maximum atomic E-state index is 6.12. The maximum Gasteiger partial charge on any atom is 0.154 e. The van der Waals surface area contributed by atoms with Crippen molar-refractivity contribution < 1.29 is 0 Å². The van der Waals surface area contributed by atoms with E-state index in [9.17, 15) is 0 Å². The molecular weight excluding hydrogens is 338 g/mol. The Hall–Kier alpha value is -0.670. The number of nitrogens with zero attached hydrogens (tertiary/aromatic N) is 1. The molecule has 0 saturated heterocycles. The van der Waals surface area contributed by atoms with Crippen LogP contribution in [0.2, 0.25) is 20.4 Å². The van der Waals surface area contributed by atoms with E-state index in [2.05, 4.69) is 10.3 Å². The number of pyridine rings is 1. The van der Waals surface area contributed by atoms with Crippen LogP contribution in [0.4, 0.5) is 5.69 Å². The summed E-state index contributed by atoms with van der Waals surface area (Å²) in [5.41, 5.74) is 2.70. The van der Waals surface area contributed by atoms with Crippen LogP contribution in [0.25, 0.3) is 0 Å². The number of rotatable bonds is 3. The third-order valence-corrected chi connectivity index (χ3v) is 4.15. The summed E-state index contributed by atoms with van der Waals surface area (Å²) in [6, 6.07) is 7.28. The first kappa shape index (κ1) is 15.7. The van der Waals surface area contributed by atoms with Gasteiger partial charge in [-0.25, -0.2) is 4.98 Å². The van der Waals surface area contributed by atoms with Gasteiger partial charge in [0, 0.05) is 6.04 Å². The Bertz CT molecular complexity index is 620. The van der Waals surface area contributed by atoms with Gasteiger partial charge in [0.2, 0.25) is 0 Å². The average molecular weight is 350 g/mol. The molecular formula is C14H12Cl4N2. The normalized spacial score (nSPS) is 12.3. The van der Waals surface area contributed by atoms with Crippen molar-refractivity contribution in [2.45, 2.75) is 19.9 Å². The molecule has 0 aliphatic carbocycles. The van der Waals surface area contributed by atoms with Gasteiger partial charge in [-0.05, 0) is 43.2 Å². The molecule has 0 bridgehead atoms. The molecule has 20 heavy (non-hydrogen) atoms. The Kier molecular flexibility index (Phi) is 5.03. The molecule has 1 heterocycles. The van der Waals surface area contributed by atoms with Crippen LogP contribution in [0, 0.1) is 6.92 Å². The summed E-state index contributed by atoms with van der Waals surface area (Å²) in [5.74, 6) is 0. The Labute approximate surface area is 138 Å². The Morgan fingerprint density at radius 1 is 1.05 bits per heavy atom. The van der Waals surface area contributed by atoms with Crippen LogP contribution in [0.15, 0.2) is 24.3 Å². The number of anilines is 1. The van der Waals surface area contributed by atoms with Crippen LogP contribution in [0.5, 0.6) is 0 Å². The van der Waals surface area contributed by atoms with Crippen LogP contribution in [0.1, 0.15) is 24.1 Å². The van der Waals surface area contributed by atoms with E-state index in [1.54, 1.807) is 12.1 Å². The molecule has 0 spiro atoms. The number of nitrogens with one attached hydrogen (secondary N) is 1. The summed E-state index contributed by atoms with van der Waals surface area (Å²) < 4.78 is 0. The third kappa shape index (κ3) is 3.50. The summed E-state index contributed by atoms with van der Waals surface area (Å²) in [7, 11) is 0. The van der Waals surface area contributed by atoms with E-state index in [0.29, 0.717) is 20.4 Å². The fourth-order valence-corrected chi connectivity index (χ4v) is 2.74. The summed E-state index contributed by atoms with van der Waals surface area (Å²) in [6.45, 7) is 3.92. The summed E-state index contributed by atoms with van der Waals surface area (Å²) in [4.78, 5) is 4.03. The second kappa shape index (κ2) is 6.40. The first-order valence-corrected chi connectivity index (χ1v) is 7.44. The van der Waals surface area contributed by atoms with E-state index < -0.39 is 0 Å². The van der Waals surface area contributed by atoms with Gasteiger partial charge in [0.05, 0.1) is 15.7 Å². The highest BCUT2D eigenvalue weighted by Crippen LogP contribution is 2.31. The number of hydrogen-bond acceptors (Lipinski definition) is 2. The van der Waals surface area contributed by atoms with Gasteiger partial charge < -0.3 is 5.32 Å². The molecule has 0 aliphatic rings. The molecule has 2 nitrogen and oxygen atoms in total. The Balaban J connectivity index is 2.27. The van der Waals surface area contributed by atoms with E-state index in [1.807, 2.05) is 26.0 Å². The minimum absolute atomic E-state index is 0.00365. The largest absolute Gasteiger partial charge is 0.376 e. The highest BCUT2D eigenvalue weighted by Gasteiger charge is 2.13.